The molecule has 0 fully saturated rings. The molecule has 1 aromatic carbocycles. The first-order valence-electron chi connectivity index (χ1n) is 4.46. The summed E-state index contributed by atoms with van der Waals surface area (Å²) < 4.78 is 5.08. The molecule has 0 unspecified atom stereocenters. The minimum Gasteiger partial charge on any atom is -0.458 e. The average Bonchev–Trinajstić information content (AvgIpc) is 2.78. The third-order valence-electron chi connectivity index (χ3n) is 2.06. The van der Waals surface area contributed by atoms with Gasteiger partial charge < -0.3 is 4.42 Å². The maximum absolute atomic E-state index is 11.1. The molecule has 0 radical (unpaired) electrons. The van der Waals surface area contributed by atoms with Crippen LogP contribution >= 0.6 is 0 Å². The number of hydrazine groups is 1. The van der Waals surface area contributed by atoms with Crippen molar-refractivity contribution in [2.75, 3.05) is 0 Å². The minimum absolute atomic E-state index is 0.205. The Bertz CT molecular complexity index is 462. The van der Waals surface area contributed by atoms with Gasteiger partial charge in [0.1, 0.15) is 0 Å². The Morgan fingerprint density at radius 1 is 1.20 bits per heavy atom. The van der Waals surface area contributed by atoms with Crippen molar-refractivity contribution in [1.29, 1.82) is 0 Å². The van der Waals surface area contributed by atoms with Gasteiger partial charge in [0.2, 0.25) is 0 Å². The molecule has 0 spiro atoms. The molecule has 0 saturated carbocycles. The number of hydrogen-bond donors (Lipinski definition) is 2. The van der Waals surface area contributed by atoms with Crippen molar-refractivity contribution in [3.8, 4) is 11.1 Å². The van der Waals surface area contributed by atoms with Crippen LogP contribution < -0.4 is 11.3 Å². The van der Waals surface area contributed by atoms with Crippen molar-refractivity contribution >= 4 is 5.91 Å². The van der Waals surface area contributed by atoms with Gasteiger partial charge in [-0.15, -0.1) is 0 Å². The molecule has 0 saturated heterocycles. The fourth-order valence-electron chi connectivity index (χ4n) is 1.31. The summed E-state index contributed by atoms with van der Waals surface area (Å²) in [5, 5.41) is 0. The van der Waals surface area contributed by atoms with Crippen LogP contribution in [0.2, 0.25) is 0 Å². The lowest BCUT2D eigenvalue weighted by Gasteiger charge is -1.93. The third-order valence-corrected chi connectivity index (χ3v) is 2.06. The van der Waals surface area contributed by atoms with E-state index in [0.717, 1.165) is 11.1 Å². The Balaban J connectivity index is 2.32. The fourth-order valence-corrected chi connectivity index (χ4v) is 1.31. The van der Waals surface area contributed by atoms with E-state index in [2.05, 4.69) is 0 Å². The summed E-state index contributed by atoms with van der Waals surface area (Å²) in [5.41, 5.74) is 3.87. The largest absolute Gasteiger partial charge is 0.458 e. The maximum Gasteiger partial charge on any atom is 0.300 e. The highest BCUT2D eigenvalue weighted by Gasteiger charge is 2.09. The summed E-state index contributed by atoms with van der Waals surface area (Å²) in [4.78, 5) is 11.1. The van der Waals surface area contributed by atoms with Gasteiger partial charge >= 0.3 is 5.91 Å². The SMILES string of the molecule is NNC(=O)c1cc(-c2ccccc2)co1. The van der Waals surface area contributed by atoms with Gasteiger partial charge in [-0.1, -0.05) is 30.3 Å². The maximum atomic E-state index is 11.1. The van der Waals surface area contributed by atoms with Crippen LogP contribution in [0.5, 0.6) is 0 Å². The molecule has 76 valence electrons. The summed E-state index contributed by atoms with van der Waals surface area (Å²) in [6.45, 7) is 0. The van der Waals surface area contributed by atoms with Crippen LogP contribution in [0.25, 0.3) is 11.1 Å². The van der Waals surface area contributed by atoms with Gasteiger partial charge in [-0.25, -0.2) is 5.84 Å². The normalized spacial score (nSPS) is 9.93. The first-order chi connectivity index (χ1) is 7.31. The molecule has 1 heterocycles. The van der Waals surface area contributed by atoms with Crippen LogP contribution in [0.1, 0.15) is 10.6 Å². The summed E-state index contributed by atoms with van der Waals surface area (Å²) in [6, 6.07) is 11.3. The van der Waals surface area contributed by atoms with Gasteiger partial charge in [0.15, 0.2) is 5.76 Å². The van der Waals surface area contributed by atoms with Gasteiger partial charge in [0.05, 0.1) is 6.26 Å². The molecular weight excluding hydrogens is 192 g/mol. The van der Waals surface area contributed by atoms with Gasteiger partial charge in [-0.3, -0.25) is 10.2 Å². The molecule has 0 atom stereocenters. The van der Waals surface area contributed by atoms with Crippen molar-refractivity contribution in [2.45, 2.75) is 0 Å². The van der Waals surface area contributed by atoms with E-state index >= 15 is 0 Å². The molecule has 4 nitrogen and oxygen atoms in total. The second-order valence-electron chi connectivity index (χ2n) is 3.04. The number of nitrogens with one attached hydrogen (secondary N) is 1. The van der Waals surface area contributed by atoms with E-state index < -0.39 is 5.91 Å². The number of carbonyl (C=O) groups is 1. The number of amides is 1. The molecule has 15 heavy (non-hydrogen) atoms. The van der Waals surface area contributed by atoms with E-state index in [1.54, 1.807) is 6.07 Å². The first kappa shape index (κ1) is 9.48. The highest BCUT2D eigenvalue weighted by molar-refractivity contribution is 5.92. The Kier molecular flexibility index (Phi) is 2.51. The van der Waals surface area contributed by atoms with Crippen molar-refractivity contribution in [1.82, 2.24) is 5.43 Å². The lowest BCUT2D eigenvalue weighted by molar-refractivity contribution is 0.0926. The Morgan fingerprint density at radius 2 is 1.93 bits per heavy atom. The van der Waals surface area contributed by atoms with Crippen LogP contribution in [0.4, 0.5) is 0 Å². The van der Waals surface area contributed by atoms with Gasteiger partial charge in [0, 0.05) is 5.56 Å². The zero-order chi connectivity index (χ0) is 10.7. The number of carbonyl (C=O) groups excluding carboxylic acids is 1. The number of nitrogens with two attached hydrogens (primary N) is 1. The van der Waals surface area contributed by atoms with Crippen LogP contribution in [-0.4, -0.2) is 5.91 Å². The molecule has 1 aromatic heterocycles. The molecule has 0 bridgehead atoms. The van der Waals surface area contributed by atoms with E-state index in [0.29, 0.717) is 0 Å². The molecule has 3 N–H and O–H groups in total. The quantitative estimate of drug-likeness (QED) is 0.441. The Hall–Kier alpha value is -2.07. The van der Waals surface area contributed by atoms with Crippen molar-refractivity contribution in [3.63, 3.8) is 0 Å². The minimum atomic E-state index is -0.433. The molecule has 0 aliphatic rings. The standard InChI is InChI=1S/C11H10N2O2/c12-13-11(14)10-6-9(7-15-10)8-4-2-1-3-5-8/h1-7H,12H2,(H,13,14). The number of benzene rings is 1. The van der Waals surface area contributed by atoms with Crippen molar-refractivity contribution in [2.24, 2.45) is 5.84 Å². The number of nitrogen functional groups attached to an aromatic ring is 1. The van der Waals surface area contributed by atoms with E-state index in [4.69, 9.17) is 10.3 Å². The summed E-state index contributed by atoms with van der Waals surface area (Å²) >= 11 is 0. The molecular formula is C11H10N2O2. The predicted molar refractivity (Wildman–Crippen MR) is 55.8 cm³/mol. The molecule has 0 aliphatic heterocycles. The Morgan fingerprint density at radius 3 is 2.60 bits per heavy atom. The van der Waals surface area contributed by atoms with E-state index in [-0.39, 0.29) is 5.76 Å². The second kappa shape index (κ2) is 3.98. The molecule has 2 rings (SSSR count). The summed E-state index contributed by atoms with van der Waals surface area (Å²) in [7, 11) is 0. The van der Waals surface area contributed by atoms with Crippen LogP contribution in [0.3, 0.4) is 0 Å². The smallest absolute Gasteiger partial charge is 0.300 e. The van der Waals surface area contributed by atoms with Crippen LogP contribution in [0.15, 0.2) is 47.1 Å². The first-order valence-corrected chi connectivity index (χ1v) is 4.46. The summed E-state index contributed by atoms with van der Waals surface area (Å²) in [6.07, 6.45) is 1.53. The molecule has 1 amide bonds. The lowest BCUT2D eigenvalue weighted by Crippen LogP contribution is -2.29. The van der Waals surface area contributed by atoms with Gasteiger partial charge in [0.25, 0.3) is 0 Å². The van der Waals surface area contributed by atoms with E-state index in [1.807, 2.05) is 35.8 Å². The number of rotatable bonds is 2. The predicted octanol–water partition coefficient (Wildman–Crippen LogP) is 1.55. The topological polar surface area (TPSA) is 68.3 Å². The summed E-state index contributed by atoms with van der Waals surface area (Å²) in [5.74, 6) is 4.76. The zero-order valence-electron chi connectivity index (χ0n) is 7.94. The van der Waals surface area contributed by atoms with Crippen molar-refractivity contribution in [3.05, 3.63) is 48.4 Å². The highest BCUT2D eigenvalue weighted by atomic mass is 16.3. The van der Waals surface area contributed by atoms with Gasteiger partial charge in [-0.05, 0) is 11.6 Å². The number of hydrogen-bond acceptors (Lipinski definition) is 3. The highest BCUT2D eigenvalue weighted by Crippen LogP contribution is 2.21. The number of furan rings is 1. The Labute approximate surface area is 86.7 Å². The molecule has 4 heteroatoms. The van der Waals surface area contributed by atoms with Crippen molar-refractivity contribution < 1.29 is 9.21 Å². The monoisotopic (exact) mass is 202 g/mol. The lowest BCUT2D eigenvalue weighted by atomic mass is 10.1. The van der Waals surface area contributed by atoms with E-state index in [1.165, 1.54) is 6.26 Å². The van der Waals surface area contributed by atoms with Crippen LogP contribution in [0, 0.1) is 0 Å². The zero-order valence-corrected chi connectivity index (χ0v) is 7.94. The van der Waals surface area contributed by atoms with Gasteiger partial charge in [-0.2, -0.15) is 0 Å². The third kappa shape index (κ3) is 1.89. The molecule has 0 aliphatic carbocycles. The van der Waals surface area contributed by atoms with Crippen LogP contribution in [-0.2, 0) is 0 Å². The van der Waals surface area contributed by atoms with E-state index in [9.17, 15) is 4.79 Å². The fraction of sp³-hybridized carbons (Fsp3) is 0. The molecule has 2 aromatic rings. The second-order valence-corrected chi connectivity index (χ2v) is 3.04. The average molecular weight is 202 g/mol.